The first-order valence-electron chi connectivity index (χ1n) is 7.96. The highest BCUT2D eigenvalue weighted by molar-refractivity contribution is 7.14. The Morgan fingerprint density at radius 1 is 1.26 bits per heavy atom. The Morgan fingerprint density at radius 3 is 2.70 bits per heavy atom. The van der Waals surface area contributed by atoms with Gasteiger partial charge in [-0.25, -0.2) is 9.97 Å². The first-order chi connectivity index (χ1) is 11.0. The van der Waals surface area contributed by atoms with Crippen molar-refractivity contribution in [2.75, 3.05) is 18.4 Å². The molecule has 0 bridgehead atoms. The van der Waals surface area contributed by atoms with Crippen LogP contribution >= 0.6 is 11.3 Å². The van der Waals surface area contributed by atoms with Gasteiger partial charge >= 0.3 is 0 Å². The molecule has 6 heteroatoms. The maximum atomic E-state index is 12.6. The summed E-state index contributed by atoms with van der Waals surface area (Å²) in [5, 5.41) is 5.69. The molecule has 2 aromatic heterocycles. The molecule has 3 rings (SSSR count). The molecule has 2 aromatic rings. The molecule has 3 heterocycles. The molecule has 1 amide bonds. The zero-order valence-corrected chi connectivity index (χ0v) is 14.6. The molecule has 0 radical (unpaired) electrons. The molecule has 0 aromatic carbocycles. The van der Waals surface area contributed by atoms with Crippen LogP contribution in [0.5, 0.6) is 0 Å². The van der Waals surface area contributed by atoms with Crippen molar-refractivity contribution < 1.29 is 4.79 Å². The molecular formula is C17H22N4OS. The van der Waals surface area contributed by atoms with E-state index in [4.69, 9.17) is 0 Å². The van der Waals surface area contributed by atoms with Crippen molar-refractivity contribution in [1.82, 2.24) is 14.9 Å². The van der Waals surface area contributed by atoms with Gasteiger partial charge in [0, 0.05) is 24.2 Å². The fourth-order valence-electron chi connectivity index (χ4n) is 3.14. The molecule has 0 spiro atoms. The lowest BCUT2D eigenvalue weighted by molar-refractivity contribution is 0.0618. The second-order valence-electron chi connectivity index (χ2n) is 6.48. The molecule has 1 N–H and O–H groups in total. The maximum Gasteiger partial charge on any atom is 0.273 e. The number of piperidine rings is 1. The van der Waals surface area contributed by atoms with E-state index in [0.717, 1.165) is 24.6 Å². The maximum absolute atomic E-state index is 12.6. The lowest BCUT2D eigenvalue weighted by Crippen LogP contribution is -2.42. The third kappa shape index (κ3) is 3.88. The number of aromatic nitrogens is 2. The van der Waals surface area contributed by atoms with Crippen molar-refractivity contribution >= 4 is 28.2 Å². The van der Waals surface area contributed by atoms with Crippen LogP contribution in [0.1, 0.15) is 36.5 Å². The minimum atomic E-state index is 0.0323. The molecule has 1 fully saturated rings. The predicted molar refractivity (Wildman–Crippen MR) is 93.2 cm³/mol. The number of thiazole rings is 1. The van der Waals surface area contributed by atoms with Crippen molar-refractivity contribution in [3.63, 3.8) is 0 Å². The molecule has 1 saturated heterocycles. The average Bonchev–Trinajstić information content (AvgIpc) is 2.94. The molecule has 122 valence electrons. The van der Waals surface area contributed by atoms with Gasteiger partial charge in [0.15, 0.2) is 5.13 Å². The normalized spacial score (nSPS) is 21.3. The number of hydrogen-bond acceptors (Lipinski definition) is 5. The number of carbonyl (C=O) groups excluding carboxylic acids is 1. The number of aryl methyl sites for hydroxylation is 1. The van der Waals surface area contributed by atoms with E-state index in [1.807, 2.05) is 35.4 Å². The second kappa shape index (κ2) is 6.66. The van der Waals surface area contributed by atoms with Crippen molar-refractivity contribution in [2.45, 2.75) is 27.2 Å². The third-order valence-corrected chi connectivity index (χ3v) is 4.76. The molecule has 1 aliphatic heterocycles. The third-order valence-electron chi connectivity index (χ3n) is 4.00. The number of nitrogens with zero attached hydrogens (tertiary/aromatic N) is 3. The first kappa shape index (κ1) is 15.9. The Balaban J connectivity index is 1.70. The molecule has 2 unspecified atom stereocenters. The second-order valence-corrected chi connectivity index (χ2v) is 7.34. The predicted octanol–water partition coefficient (Wildman–Crippen LogP) is 3.71. The average molecular weight is 330 g/mol. The molecule has 23 heavy (non-hydrogen) atoms. The number of pyridine rings is 1. The zero-order valence-electron chi connectivity index (χ0n) is 13.7. The largest absolute Gasteiger partial charge is 0.337 e. The van der Waals surface area contributed by atoms with E-state index in [2.05, 4.69) is 29.1 Å². The standard InChI is InChI=1S/C17H22N4OS/c1-11-7-12(2)9-21(8-11)16(22)14-10-23-17(19-14)20-15-6-4-5-13(3)18-15/h4-6,10-12H,7-9H2,1-3H3,(H,18,19,20). The summed E-state index contributed by atoms with van der Waals surface area (Å²) in [6, 6.07) is 5.78. The van der Waals surface area contributed by atoms with E-state index in [-0.39, 0.29) is 5.91 Å². The van der Waals surface area contributed by atoms with Gasteiger partial charge < -0.3 is 10.2 Å². The number of hydrogen-bond donors (Lipinski definition) is 1. The van der Waals surface area contributed by atoms with Gasteiger partial charge in [0.05, 0.1) is 0 Å². The van der Waals surface area contributed by atoms with Gasteiger partial charge in [0.25, 0.3) is 5.91 Å². The highest BCUT2D eigenvalue weighted by Crippen LogP contribution is 2.25. The summed E-state index contributed by atoms with van der Waals surface area (Å²) in [6.07, 6.45) is 1.19. The summed E-state index contributed by atoms with van der Waals surface area (Å²) in [5.74, 6) is 1.88. The van der Waals surface area contributed by atoms with Crippen LogP contribution in [0.2, 0.25) is 0 Å². The minimum Gasteiger partial charge on any atom is -0.337 e. The fraction of sp³-hybridized carbons (Fsp3) is 0.471. The van der Waals surface area contributed by atoms with E-state index in [0.29, 0.717) is 22.7 Å². The van der Waals surface area contributed by atoms with E-state index in [9.17, 15) is 4.79 Å². The van der Waals surface area contributed by atoms with Crippen LogP contribution in [0.25, 0.3) is 0 Å². The Labute approximate surface area is 140 Å². The smallest absolute Gasteiger partial charge is 0.273 e. The Bertz CT molecular complexity index is 689. The number of rotatable bonds is 3. The number of nitrogens with one attached hydrogen (secondary N) is 1. The summed E-state index contributed by atoms with van der Waals surface area (Å²) >= 11 is 1.43. The first-order valence-corrected chi connectivity index (χ1v) is 8.84. The van der Waals surface area contributed by atoms with Crippen LogP contribution in [-0.2, 0) is 0 Å². The van der Waals surface area contributed by atoms with Crippen molar-refractivity contribution in [2.24, 2.45) is 11.8 Å². The minimum absolute atomic E-state index is 0.0323. The lowest BCUT2D eigenvalue weighted by atomic mass is 9.92. The summed E-state index contributed by atoms with van der Waals surface area (Å²) in [6.45, 7) is 7.99. The van der Waals surface area contributed by atoms with Crippen molar-refractivity contribution in [1.29, 1.82) is 0 Å². The van der Waals surface area contributed by atoms with Crippen LogP contribution in [0, 0.1) is 18.8 Å². The van der Waals surface area contributed by atoms with Crippen molar-refractivity contribution in [3.05, 3.63) is 35.0 Å². The van der Waals surface area contributed by atoms with E-state index < -0.39 is 0 Å². The van der Waals surface area contributed by atoms with Gasteiger partial charge in [-0.05, 0) is 37.3 Å². The summed E-state index contributed by atoms with van der Waals surface area (Å²) in [4.78, 5) is 23.4. The monoisotopic (exact) mass is 330 g/mol. The molecule has 0 saturated carbocycles. The van der Waals surface area contributed by atoms with Gasteiger partial charge in [-0.2, -0.15) is 0 Å². The molecular weight excluding hydrogens is 308 g/mol. The fourth-order valence-corrected chi connectivity index (χ4v) is 3.83. The highest BCUT2D eigenvalue weighted by atomic mass is 32.1. The van der Waals surface area contributed by atoms with Crippen molar-refractivity contribution in [3.8, 4) is 0 Å². The van der Waals surface area contributed by atoms with Crippen LogP contribution in [0.4, 0.5) is 10.9 Å². The van der Waals surface area contributed by atoms with Crippen LogP contribution in [0.15, 0.2) is 23.6 Å². The van der Waals surface area contributed by atoms with Gasteiger partial charge in [0.1, 0.15) is 11.5 Å². The van der Waals surface area contributed by atoms with E-state index >= 15 is 0 Å². The zero-order chi connectivity index (χ0) is 16.4. The molecule has 2 atom stereocenters. The van der Waals surface area contributed by atoms with Crippen LogP contribution in [-0.4, -0.2) is 33.9 Å². The highest BCUT2D eigenvalue weighted by Gasteiger charge is 2.27. The number of amides is 1. The quantitative estimate of drug-likeness (QED) is 0.932. The SMILES string of the molecule is Cc1cccc(Nc2nc(C(=O)N3CC(C)CC(C)C3)cs2)n1. The Kier molecular flexibility index (Phi) is 4.61. The molecule has 0 aliphatic carbocycles. The molecule has 1 aliphatic rings. The number of carbonyl (C=O) groups is 1. The van der Waals surface area contributed by atoms with Gasteiger partial charge in [0.2, 0.25) is 0 Å². The van der Waals surface area contributed by atoms with Crippen LogP contribution in [0.3, 0.4) is 0 Å². The number of anilines is 2. The van der Waals surface area contributed by atoms with E-state index in [1.54, 1.807) is 0 Å². The summed E-state index contributed by atoms with van der Waals surface area (Å²) < 4.78 is 0. The summed E-state index contributed by atoms with van der Waals surface area (Å²) in [7, 11) is 0. The van der Waals surface area contributed by atoms with Crippen LogP contribution < -0.4 is 5.32 Å². The Hall–Kier alpha value is -1.95. The molecule has 5 nitrogen and oxygen atoms in total. The van der Waals surface area contributed by atoms with Gasteiger partial charge in [-0.1, -0.05) is 19.9 Å². The summed E-state index contributed by atoms with van der Waals surface area (Å²) in [5.41, 5.74) is 1.46. The van der Waals surface area contributed by atoms with Gasteiger partial charge in [-0.15, -0.1) is 11.3 Å². The van der Waals surface area contributed by atoms with Gasteiger partial charge in [-0.3, -0.25) is 4.79 Å². The topological polar surface area (TPSA) is 58.1 Å². The lowest BCUT2D eigenvalue weighted by Gasteiger charge is -2.34. The van der Waals surface area contributed by atoms with E-state index in [1.165, 1.54) is 17.8 Å². The Morgan fingerprint density at radius 2 is 2.00 bits per heavy atom. The number of likely N-dealkylation sites (tertiary alicyclic amines) is 1.